The maximum Gasteiger partial charge on any atom is 0.335 e. The summed E-state index contributed by atoms with van der Waals surface area (Å²) in [4.78, 5) is 10.5. The van der Waals surface area contributed by atoms with E-state index in [0.29, 0.717) is 4.47 Å². The second-order valence-electron chi connectivity index (χ2n) is 2.41. The fraction of sp³-hybridized carbons (Fsp3) is 0. The van der Waals surface area contributed by atoms with Crippen molar-refractivity contribution in [2.75, 3.05) is 0 Å². The van der Waals surface area contributed by atoms with Gasteiger partial charge in [0.05, 0.1) is 10.0 Å². The molecule has 1 aromatic carbocycles. The molecule has 0 aromatic heterocycles. The van der Waals surface area contributed by atoms with Gasteiger partial charge in [0, 0.05) is 0 Å². The molecule has 68 valence electrons. The van der Waals surface area contributed by atoms with Crippen LogP contribution < -0.4 is 0 Å². The van der Waals surface area contributed by atoms with Crippen LogP contribution in [0.25, 0.3) is 5.57 Å². The Balaban J connectivity index is 3.11. The van der Waals surface area contributed by atoms with Crippen LogP contribution in [0.15, 0.2) is 29.3 Å². The van der Waals surface area contributed by atoms with E-state index >= 15 is 0 Å². The zero-order valence-electron chi connectivity index (χ0n) is 6.55. The molecule has 0 radical (unpaired) electrons. The van der Waals surface area contributed by atoms with Gasteiger partial charge in [0.1, 0.15) is 5.82 Å². The molecule has 0 saturated carbocycles. The first-order chi connectivity index (χ1) is 6.02. The molecule has 0 bridgehead atoms. The molecule has 0 aliphatic rings. The molecule has 0 heterocycles. The van der Waals surface area contributed by atoms with Gasteiger partial charge in [-0.1, -0.05) is 12.6 Å². The minimum atomic E-state index is -1.15. The monoisotopic (exact) mass is 244 g/mol. The van der Waals surface area contributed by atoms with Gasteiger partial charge in [-0.2, -0.15) is 0 Å². The number of hydrogen-bond donors (Lipinski definition) is 1. The molecule has 0 fully saturated rings. The van der Waals surface area contributed by atoms with Gasteiger partial charge in [-0.25, -0.2) is 9.18 Å². The van der Waals surface area contributed by atoms with Gasteiger partial charge in [0.15, 0.2) is 0 Å². The summed E-state index contributed by atoms with van der Waals surface area (Å²) in [5.74, 6) is -1.65. The number of hydrogen-bond acceptors (Lipinski definition) is 1. The van der Waals surface area contributed by atoms with Crippen molar-refractivity contribution in [3.8, 4) is 0 Å². The average molecular weight is 245 g/mol. The van der Waals surface area contributed by atoms with Crippen molar-refractivity contribution in [1.82, 2.24) is 0 Å². The Labute approximate surface area is 82.8 Å². The first-order valence-corrected chi connectivity index (χ1v) is 4.19. The lowest BCUT2D eigenvalue weighted by Gasteiger charge is -2.01. The molecule has 0 atom stereocenters. The van der Waals surface area contributed by atoms with Crippen LogP contribution in [-0.2, 0) is 4.79 Å². The van der Waals surface area contributed by atoms with Gasteiger partial charge in [0.2, 0.25) is 0 Å². The van der Waals surface area contributed by atoms with Gasteiger partial charge in [-0.15, -0.1) is 0 Å². The summed E-state index contributed by atoms with van der Waals surface area (Å²) in [7, 11) is 0. The van der Waals surface area contributed by atoms with Crippen LogP contribution in [0.2, 0.25) is 0 Å². The predicted octanol–water partition coefficient (Wildman–Crippen LogP) is 2.69. The quantitative estimate of drug-likeness (QED) is 0.813. The summed E-state index contributed by atoms with van der Waals surface area (Å²) in [6.45, 7) is 3.31. The third kappa shape index (κ3) is 2.15. The van der Waals surface area contributed by atoms with Crippen molar-refractivity contribution < 1.29 is 14.3 Å². The van der Waals surface area contributed by atoms with Crippen LogP contribution in [-0.4, -0.2) is 11.1 Å². The van der Waals surface area contributed by atoms with E-state index in [0.717, 1.165) is 6.07 Å². The highest BCUT2D eigenvalue weighted by Crippen LogP contribution is 2.20. The minimum Gasteiger partial charge on any atom is -0.478 e. The standard InChI is InChI=1S/C9H6BrFO2/c1-5(9(12)13)6-2-3-7(10)8(11)4-6/h2-4H,1H2,(H,12,13). The highest BCUT2D eigenvalue weighted by atomic mass is 79.9. The summed E-state index contributed by atoms with van der Waals surface area (Å²) in [5.41, 5.74) is 0.152. The topological polar surface area (TPSA) is 37.3 Å². The van der Waals surface area contributed by atoms with Crippen LogP contribution in [0.5, 0.6) is 0 Å². The predicted molar refractivity (Wildman–Crippen MR) is 50.8 cm³/mol. The fourth-order valence-corrected chi connectivity index (χ4v) is 1.05. The first kappa shape index (κ1) is 9.92. The number of carboxylic acid groups (broad SMARTS) is 1. The molecule has 1 N–H and O–H groups in total. The molecule has 1 aromatic rings. The highest BCUT2D eigenvalue weighted by Gasteiger charge is 2.08. The smallest absolute Gasteiger partial charge is 0.335 e. The molecule has 13 heavy (non-hydrogen) atoms. The first-order valence-electron chi connectivity index (χ1n) is 3.40. The van der Waals surface area contributed by atoms with E-state index in [-0.39, 0.29) is 11.1 Å². The molecule has 0 amide bonds. The zero-order valence-corrected chi connectivity index (χ0v) is 8.14. The van der Waals surface area contributed by atoms with Crippen LogP contribution in [0.4, 0.5) is 4.39 Å². The Hall–Kier alpha value is -1.16. The van der Waals surface area contributed by atoms with Crippen LogP contribution in [0.1, 0.15) is 5.56 Å². The number of carbonyl (C=O) groups is 1. The zero-order chi connectivity index (χ0) is 10.0. The highest BCUT2D eigenvalue weighted by molar-refractivity contribution is 9.10. The lowest BCUT2D eigenvalue weighted by molar-refractivity contribution is -0.130. The molecule has 1 rings (SSSR count). The lowest BCUT2D eigenvalue weighted by Crippen LogP contribution is -1.98. The van der Waals surface area contributed by atoms with Gasteiger partial charge in [0.25, 0.3) is 0 Å². The van der Waals surface area contributed by atoms with E-state index in [4.69, 9.17) is 5.11 Å². The summed E-state index contributed by atoms with van der Waals surface area (Å²) < 4.78 is 13.2. The molecule has 2 nitrogen and oxygen atoms in total. The molecule has 0 spiro atoms. The lowest BCUT2D eigenvalue weighted by atomic mass is 10.1. The van der Waals surface area contributed by atoms with Gasteiger partial charge in [-0.05, 0) is 33.6 Å². The van der Waals surface area contributed by atoms with Crippen molar-refractivity contribution in [2.45, 2.75) is 0 Å². The van der Waals surface area contributed by atoms with Crippen LogP contribution in [0.3, 0.4) is 0 Å². The average Bonchev–Trinajstić information content (AvgIpc) is 2.08. The van der Waals surface area contributed by atoms with E-state index in [1.165, 1.54) is 12.1 Å². The summed E-state index contributed by atoms with van der Waals surface area (Å²) in [6, 6.07) is 4.06. The summed E-state index contributed by atoms with van der Waals surface area (Å²) in [6.07, 6.45) is 0. The number of carboxylic acids is 1. The van der Waals surface area contributed by atoms with Gasteiger partial charge >= 0.3 is 5.97 Å². The molecule has 0 unspecified atom stereocenters. The van der Waals surface area contributed by atoms with Crippen molar-refractivity contribution in [3.05, 3.63) is 40.6 Å². The molecular weight excluding hydrogens is 239 g/mol. The Morgan fingerprint density at radius 3 is 2.62 bits per heavy atom. The molecule has 0 aliphatic heterocycles. The van der Waals surface area contributed by atoms with E-state index in [2.05, 4.69) is 22.5 Å². The normalized spacial score (nSPS) is 9.69. The van der Waals surface area contributed by atoms with E-state index in [1.807, 2.05) is 0 Å². The fourth-order valence-electron chi connectivity index (χ4n) is 0.807. The van der Waals surface area contributed by atoms with Crippen LogP contribution >= 0.6 is 15.9 Å². The number of aliphatic carboxylic acids is 1. The van der Waals surface area contributed by atoms with Crippen molar-refractivity contribution in [2.24, 2.45) is 0 Å². The van der Waals surface area contributed by atoms with Crippen molar-refractivity contribution in [1.29, 1.82) is 0 Å². The van der Waals surface area contributed by atoms with Crippen LogP contribution in [0, 0.1) is 5.82 Å². The van der Waals surface area contributed by atoms with Gasteiger partial charge < -0.3 is 5.11 Å². The van der Waals surface area contributed by atoms with Gasteiger partial charge in [-0.3, -0.25) is 0 Å². The van der Waals surface area contributed by atoms with E-state index in [1.54, 1.807) is 0 Å². The number of rotatable bonds is 2. The van der Waals surface area contributed by atoms with E-state index in [9.17, 15) is 9.18 Å². The second kappa shape index (κ2) is 3.70. The Morgan fingerprint density at radius 2 is 2.15 bits per heavy atom. The summed E-state index contributed by atoms with van der Waals surface area (Å²) >= 11 is 2.96. The molecule has 4 heteroatoms. The SMILES string of the molecule is C=C(C(=O)O)c1ccc(Br)c(F)c1. The third-order valence-electron chi connectivity index (χ3n) is 1.53. The van der Waals surface area contributed by atoms with Crippen molar-refractivity contribution in [3.63, 3.8) is 0 Å². The number of benzene rings is 1. The number of halogens is 2. The maximum atomic E-state index is 12.9. The second-order valence-corrected chi connectivity index (χ2v) is 3.27. The largest absolute Gasteiger partial charge is 0.478 e. The minimum absolute atomic E-state index is 0.119. The Kier molecular flexibility index (Phi) is 2.83. The molecule has 0 saturated heterocycles. The molecular formula is C9H6BrFO2. The Morgan fingerprint density at radius 1 is 1.54 bits per heavy atom. The summed E-state index contributed by atoms with van der Waals surface area (Å²) in [5, 5.41) is 8.56. The third-order valence-corrected chi connectivity index (χ3v) is 2.17. The van der Waals surface area contributed by atoms with Crippen molar-refractivity contribution >= 4 is 27.5 Å². The van der Waals surface area contributed by atoms with E-state index < -0.39 is 11.8 Å². The molecule has 0 aliphatic carbocycles. The Bertz CT molecular complexity index is 374. The maximum absolute atomic E-state index is 12.9.